The van der Waals surface area contributed by atoms with Crippen molar-refractivity contribution in [2.24, 2.45) is 0 Å². The van der Waals surface area contributed by atoms with E-state index in [2.05, 4.69) is 20.6 Å². The van der Waals surface area contributed by atoms with E-state index in [9.17, 15) is 5.11 Å². The van der Waals surface area contributed by atoms with E-state index >= 15 is 0 Å². The molecule has 0 radical (unpaired) electrons. The second-order valence-corrected chi connectivity index (χ2v) is 5.51. The molecule has 1 aliphatic rings. The van der Waals surface area contributed by atoms with Gasteiger partial charge in [-0.25, -0.2) is 9.97 Å². The number of hydrogen-bond acceptors (Lipinski definition) is 5. The van der Waals surface area contributed by atoms with Crippen LogP contribution >= 0.6 is 0 Å². The second-order valence-electron chi connectivity index (χ2n) is 5.51. The molecule has 0 saturated heterocycles. The molecule has 0 unspecified atom stereocenters. The molecule has 1 aromatic heterocycles. The molecule has 1 aliphatic carbocycles. The predicted molar refractivity (Wildman–Crippen MR) is 84.3 cm³/mol. The van der Waals surface area contributed by atoms with Gasteiger partial charge in [0.05, 0.1) is 5.60 Å². The predicted octanol–water partition coefficient (Wildman–Crippen LogP) is 2.51. The Morgan fingerprint density at radius 1 is 1.14 bits per heavy atom. The summed E-state index contributed by atoms with van der Waals surface area (Å²) >= 11 is 0. The molecule has 0 amide bonds. The van der Waals surface area contributed by atoms with Crippen molar-refractivity contribution < 1.29 is 5.11 Å². The quantitative estimate of drug-likeness (QED) is 0.787. The molecule has 3 rings (SSSR count). The van der Waals surface area contributed by atoms with Crippen LogP contribution in [0.5, 0.6) is 0 Å². The summed E-state index contributed by atoms with van der Waals surface area (Å²) in [6, 6.07) is 11.7. The first-order valence-electron chi connectivity index (χ1n) is 7.27. The molecule has 1 fully saturated rings. The minimum atomic E-state index is -0.572. The lowest BCUT2D eigenvalue weighted by atomic mass is 9.80. The average molecular weight is 284 g/mol. The average Bonchev–Trinajstić information content (AvgIpc) is 2.51. The molecule has 5 heteroatoms. The van der Waals surface area contributed by atoms with E-state index in [1.165, 1.54) is 0 Å². The Kier molecular flexibility index (Phi) is 3.75. The van der Waals surface area contributed by atoms with Crippen molar-refractivity contribution in [3.8, 4) is 11.4 Å². The summed E-state index contributed by atoms with van der Waals surface area (Å²) in [6.07, 6.45) is 2.81. The van der Waals surface area contributed by atoms with Gasteiger partial charge >= 0.3 is 0 Å². The largest absolute Gasteiger partial charge is 0.388 e. The number of anilines is 2. The minimum absolute atomic E-state index is 0.529. The standard InChI is InChI=1S/C16H20N4O/c1-17-13-10-14(18-11-16(21)8-5-9-16)20-15(19-13)12-6-3-2-4-7-12/h2-4,6-7,10,21H,5,8-9,11H2,1H3,(H2,17,18,19,20). The molecule has 21 heavy (non-hydrogen) atoms. The molecule has 0 spiro atoms. The highest BCUT2D eigenvalue weighted by atomic mass is 16.3. The zero-order valence-corrected chi connectivity index (χ0v) is 12.1. The number of nitrogens with one attached hydrogen (secondary N) is 2. The van der Waals surface area contributed by atoms with Crippen molar-refractivity contribution in [1.29, 1.82) is 0 Å². The molecule has 5 nitrogen and oxygen atoms in total. The first-order chi connectivity index (χ1) is 10.2. The van der Waals surface area contributed by atoms with E-state index < -0.39 is 5.60 Å². The number of aliphatic hydroxyl groups is 1. The normalized spacial score (nSPS) is 16.1. The first kappa shape index (κ1) is 13.8. The van der Waals surface area contributed by atoms with Crippen LogP contribution in [0.15, 0.2) is 36.4 Å². The molecular formula is C16H20N4O. The van der Waals surface area contributed by atoms with E-state index in [0.29, 0.717) is 12.4 Å². The van der Waals surface area contributed by atoms with Gasteiger partial charge in [0.1, 0.15) is 11.6 Å². The zero-order chi connectivity index (χ0) is 14.7. The van der Waals surface area contributed by atoms with Crippen LogP contribution < -0.4 is 10.6 Å². The van der Waals surface area contributed by atoms with Crippen LogP contribution in [0.3, 0.4) is 0 Å². The summed E-state index contributed by atoms with van der Waals surface area (Å²) in [7, 11) is 1.83. The lowest BCUT2D eigenvalue weighted by molar-refractivity contribution is -0.0202. The SMILES string of the molecule is CNc1cc(NCC2(O)CCC2)nc(-c2ccccc2)n1. The number of hydrogen-bond donors (Lipinski definition) is 3. The summed E-state index contributed by atoms with van der Waals surface area (Å²) < 4.78 is 0. The molecule has 2 aromatic rings. The number of aromatic nitrogens is 2. The third-order valence-corrected chi connectivity index (χ3v) is 3.90. The van der Waals surface area contributed by atoms with Crippen LogP contribution in [0.1, 0.15) is 19.3 Å². The van der Waals surface area contributed by atoms with Crippen LogP contribution in [-0.2, 0) is 0 Å². The van der Waals surface area contributed by atoms with Crippen molar-refractivity contribution in [3.05, 3.63) is 36.4 Å². The molecule has 1 heterocycles. The van der Waals surface area contributed by atoms with Gasteiger partial charge in [-0.2, -0.15) is 0 Å². The Hall–Kier alpha value is -2.14. The van der Waals surface area contributed by atoms with Gasteiger partial charge in [0.2, 0.25) is 0 Å². The third kappa shape index (κ3) is 3.13. The lowest BCUT2D eigenvalue weighted by Crippen LogP contribution is -2.43. The zero-order valence-electron chi connectivity index (χ0n) is 12.1. The van der Waals surface area contributed by atoms with Gasteiger partial charge in [-0.1, -0.05) is 30.3 Å². The Labute approximate surface area is 124 Å². The number of nitrogens with zero attached hydrogens (tertiary/aromatic N) is 2. The highest BCUT2D eigenvalue weighted by Crippen LogP contribution is 2.31. The molecule has 1 aromatic carbocycles. The molecule has 3 N–H and O–H groups in total. The fourth-order valence-electron chi connectivity index (χ4n) is 2.40. The highest BCUT2D eigenvalue weighted by Gasteiger charge is 2.34. The smallest absolute Gasteiger partial charge is 0.163 e. The third-order valence-electron chi connectivity index (χ3n) is 3.90. The summed E-state index contributed by atoms with van der Waals surface area (Å²) in [5, 5.41) is 16.4. The van der Waals surface area contributed by atoms with Gasteiger partial charge in [-0.3, -0.25) is 0 Å². The topological polar surface area (TPSA) is 70.1 Å². The Balaban J connectivity index is 1.83. The van der Waals surface area contributed by atoms with Crippen LogP contribution in [0.4, 0.5) is 11.6 Å². The maximum atomic E-state index is 10.2. The molecular weight excluding hydrogens is 264 g/mol. The highest BCUT2D eigenvalue weighted by molar-refractivity contribution is 5.61. The van der Waals surface area contributed by atoms with Gasteiger partial charge in [0, 0.05) is 25.2 Å². The van der Waals surface area contributed by atoms with E-state index in [0.717, 1.165) is 36.5 Å². The molecule has 0 aliphatic heterocycles. The van der Waals surface area contributed by atoms with Crippen LogP contribution in [0.2, 0.25) is 0 Å². The van der Waals surface area contributed by atoms with Crippen molar-refractivity contribution in [1.82, 2.24) is 9.97 Å². The fraction of sp³-hybridized carbons (Fsp3) is 0.375. The maximum absolute atomic E-state index is 10.2. The summed E-state index contributed by atoms with van der Waals surface area (Å²) in [4.78, 5) is 9.02. The lowest BCUT2D eigenvalue weighted by Gasteiger charge is -2.36. The van der Waals surface area contributed by atoms with Gasteiger partial charge in [0.25, 0.3) is 0 Å². The van der Waals surface area contributed by atoms with E-state index in [1.807, 2.05) is 43.4 Å². The van der Waals surface area contributed by atoms with Crippen molar-refractivity contribution in [2.45, 2.75) is 24.9 Å². The Morgan fingerprint density at radius 2 is 1.86 bits per heavy atom. The van der Waals surface area contributed by atoms with Crippen LogP contribution in [-0.4, -0.2) is 34.3 Å². The summed E-state index contributed by atoms with van der Waals surface area (Å²) in [5.41, 5.74) is 0.400. The monoisotopic (exact) mass is 284 g/mol. The summed E-state index contributed by atoms with van der Waals surface area (Å²) in [5.74, 6) is 2.16. The van der Waals surface area contributed by atoms with E-state index in [1.54, 1.807) is 0 Å². The van der Waals surface area contributed by atoms with Gasteiger partial charge in [0.15, 0.2) is 5.82 Å². The number of benzene rings is 1. The van der Waals surface area contributed by atoms with Crippen LogP contribution in [0, 0.1) is 0 Å². The van der Waals surface area contributed by atoms with Gasteiger partial charge < -0.3 is 15.7 Å². The van der Waals surface area contributed by atoms with Crippen LogP contribution in [0.25, 0.3) is 11.4 Å². The number of rotatable bonds is 5. The first-order valence-corrected chi connectivity index (χ1v) is 7.27. The van der Waals surface area contributed by atoms with Gasteiger partial charge in [-0.05, 0) is 19.3 Å². The van der Waals surface area contributed by atoms with E-state index in [-0.39, 0.29) is 0 Å². The molecule has 110 valence electrons. The molecule has 1 saturated carbocycles. The Morgan fingerprint density at radius 3 is 2.48 bits per heavy atom. The van der Waals surface area contributed by atoms with Crippen molar-refractivity contribution >= 4 is 11.6 Å². The summed E-state index contributed by atoms with van der Waals surface area (Å²) in [6.45, 7) is 0.529. The Bertz CT molecular complexity index is 611. The molecule has 0 bridgehead atoms. The molecule has 0 atom stereocenters. The maximum Gasteiger partial charge on any atom is 0.163 e. The van der Waals surface area contributed by atoms with Crippen molar-refractivity contribution in [2.75, 3.05) is 24.2 Å². The minimum Gasteiger partial charge on any atom is -0.388 e. The fourth-order valence-corrected chi connectivity index (χ4v) is 2.40. The van der Waals surface area contributed by atoms with Gasteiger partial charge in [-0.15, -0.1) is 0 Å². The second kappa shape index (κ2) is 5.69. The van der Waals surface area contributed by atoms with E-state index in [4.69, 9.17) is 0 Å². The van der Waals surface area contributed by atoms with Crippen molar-refractivity contribution in [3.63, 3.8) is 0 Å².